The lowest BCUT2D eigenvalue weighted by Crippen LogP contribution is -2.51. The molecule has 118 valence electrons. The topological polar surface area (TPSA) is 6.48 Å². The maximum absolute atomic E-state index is 2.74. The van der Waals surface area contributed by atoms with Gasteiger partial charge < -0.3 is 9.80 Å². The molecule has 0 aromatic carbocycles. The lowest BCUT2D eigenvalue weighted by atomic mass is 9.79. The first-order valence-electron chi connectivity index (χ1n) is 8.85. The maximum atomic E-state index is 2.74. The zero-order chi connectivity index (χ0) is 14.8. The zero-order valence-electron chi connectivity index (χ0n) is 14.5. The Morgan fingerprint density at radius 1 is 1.05 bits per heavy atom. The van der Waals surface area contributed by atoms with Crippen molar-refractivity contribution >= 4 is 0 Å². The Labute approximate surface area is 126 Å². The number of piperidine rings is 2. The van der Waals surface area contributed by atoms with Gasteiger partial charge in [-0.2, -0.15) is 0 Å². The monoisotopic (exact) mass is 280 g/mol. The second kappa shape index (κ2) is 6.79. The summed E-state index contributed by atoms with van der Waals surface area (Å²) in [5.41, 5.74) is 0.483. The molecule has 0 amide bonds. The van der Waals surface area contributed by atoms with E-state index < -0.39 is 0 Å². The molecule has 2 heterocycles. The molecule has 0 saturated carbocycles. The molecule has 3 unspecified atom stereocenters. The van der Waals surface area contributed by atoms with Crippen molar-refractivity contribution in [1.29, 1.82) is 0 Å². The first kappa shape index (κ1) is 16.3. The maximum Gasteiger partial charge on any atom is 0.00644 e. The van der Waals surface area contributed by atoms with Crippen molar-refractivity contribution in [2.24, 2.45) is 17.3 Å². The van der Waals surface area contributed by atoms with Crippen LogP contribution in [0.15, 0.2) is 0 Å². The van der Waals surface area contributed by atoms with E-state index in [1.54, 1.807) is 0 Å². The Morgan fingerprint density at radius 2 is 1.70 bits per heavy atom. The highest BCUT2D eigenvalue weighted by molar-refractivity contribution is 4.88. The van der Waals surface area contributed by atoms with E-state index in [2.05, 4.69) is 44.4 Å². The highest BCUT2D eigenvalue weighted by Crippen LogP contribution is 2.33. The molecule has 0 bridgehead atoms. The van der Waals surface area contributed by atoms with Gasteiger partial charge in [-0.3, -0.25) is 0 Å². The van der Waals surface area contributed by atoms with Crippen LogP contribution in [0.1, 0.15) is 60.3 Å². The van der Waals surface area contributed by atoms with Crippen molar-refractivity contribution < 1.29 is 0 Å². The Kier molecular flexibility index (Phi) is 5.53. The summed E-state index contributed by atoms with van der Waals surface area (Å²) in [7, 11) is 0. The third-order valence-electron chi connectivity index (χ3n) is 5.62. The van der Waals surface area contributed by atoms with Gasteiger partial charge in [0.25, 0.3) is 0 Å². The van der Waals surface area contributed by atoms with Gasteiger partial charge in [-0.05, 0) is 69.5 Å². The highest BCUT2D eigenvalue weighted by Gasteiger charge is 2.34. The predicted molar refractivity (Wildman–Crippen MR) is 88.1 cm³/mol. The molecule has 2 rings (SSSR count). The molecule has 2 aliphatic rings. The first-order valence-corrected chi connectivity index (χ1v) is 8.85. The van der Waals surface area contributed by atoms with Crippen LogP contribution in [0.3, 0.4) is 0 Å². The normalized spacial score (nSPS) is 31.1. The van der Waals surface area contributed by atoms with Gasteiger partial charge in [0, 0.05) is 19.1 Å². The zero-order valence-corrected chi connectivity index (χ0v) is 14.5. The Hall–Kier alpha value is -0.0800. The van der Waals surface area contributed by atoms with Crippen LogP contribution in [0.25, 0.3) is 0 Å². The number of likely N-dealkylation sites (tertiary alicyclic amines) is 2. The lowest BCUT2D eigenvalue weighted by molar-refractivity contribution is 0.0235. The standard InChI is InChI=1S/C18H36N2/c1-6-15(2)20-11-8-16-13-19(10-7-17(16)14-20)12-9-18(3,4)5/h15-17H,6-14H2,1-5H3. The SMILES string of the molecule is CCC(C)N1CCC2CN(CCC(C)(C)C)CCC2C1. The fraction of sp³-hybridized carbons (Fsp3) is 1.00. The molecule has 0 aliphatic carbocycles. The van der Waals surface area contributed by atoms with Gasteiger partial charge in [-0.1, -0.05) is 27.7 Å². The second-order valence-electron chi connectivity index (χ2n) is 8.46. The molecule has 3 atom stereocenters. The van der Waals surface area contributed by atoms with Gasteiger partial charge in [-0.15, -0.1) is 0 Å². The number of nitrogens with zero attached hydrogens (tertiary/aromatic N) is 2. The highest BCUT2D eigenvalue weighted by atomic mass is 15.2. The van der Waals surface area contributed by atoms with Crippen LogP contribution in [-0.4, -0.2) is 48.6 Å². The van der Waals surface area contributed by atoms with Crippen LogP contribution >= 0.6 is 0 Å². The Balaban J connectivity index is 1.79. The second-order valence-corrected chi connectivity index (χ2v) is 8.46. The lowest BCUT2D eigenvalue weighted by Gasteiger charge is -2.46. The van der Waals surface area contributed by atoms with E-state index in [1.807, 2.05) is 0 Å². The summed E-state index contributed by atoms with van der Waals surface area (Å²) in [5, 5.41) is 0. The van der Waals surface area contributed by atoms with Gasteiger partial charge >= 0.3 is 0 Å². The fourth-order valence-electron chi connectivity index (χ4n) is 3.80. The van der Waals surface area contributed by atoms with Crippen LogP contribution in [0.2, 0.25) is 0 Å². The molecular weight excluding hydrogens is 244 g/mol. The largest absolute Gasteiger partial charge is 0.303 e. The summed E-state index contributed by atoms with van der Waals surface area (Å²) in [4.78, 5) is 5.48. The van der Waals surface area contributed by atoms with E-state index >= 15 is 0 Å². The predicted octanol–water partition coefficient (Wildman–Crippen LogP) is 3.86. The third-order valence-corrected chi connectivity index (χ3v) is 5.62. The first-order chi connectivity index (χ1) is 9.39. The molecule has 0 spiro atoms. The van der Waals surface area contributed by atoms with Crippen LogP contribution in [-0.2, 0) is 0 Å². The minimum atomic E-state index is 0.483. The van der Waals surface area contributed by atoms with Crippen molar-refractivity contribution in [3.8, 4) is 0 Å². The van der Waals surface area contributed by atoms with E-state index in [0.717, 1.165) is 17.9 Å². The van der Waals surface area contributed by atoms with Crippen LogP contribution < -0.4 is 0 Å². The number of hydrogen-bond acceptors (Lipinski definition) is 2. The summed E-state index contributed by atoms with van der Waals surface area (Å²) < 4.78 is 0. The van der Waals surface area contributed by atoms with Gasteiger partial charge in [0.1, 0.15) is 0 Å². The van der Waals surface area contributed by atoms with E-state index in [0.29, 0.717) is 5.41 Å². The molecule has 2 nitrogen and oxygen atoms in total. The minimum absolute atomic E-state index is 0.483. The number of rotatable bonds is 4. The van der Waals surface area contributed by atoms with Crippen molar-refractivity contribution in [3.05, 3.63) is 0 Å². The summed E-state index contributed by atoms with van der Waals surface area (Å²) in [6.45, 7) is 18.5. The Bertz CT molecular complexity index is 294. The quantitative estimate of drug-likeness (QED) is 0.771. The number of hydrogen-bond donors (Lipinski definition) is 0. The fourth-order valence-corrected chi connectivity index (χ4v) is 3.80. The number of fused-ring (bicyclic) bond motifs is 1. The average molecular weight is 280 g/mol. The molecule has 2 fully saturated rings. The summed E-state index contributed by atoms with van der Waals surface area (Å²) in [6.07, 6.45) is 5.50. The van der Waals surface area contributed by atoms with Gasteiger partial charge in [0.05, 0.1) is 0 Å². The van der Waals surface area contributed by atoms with E-state index in [-0.39, 0.29) is 0 Å². The molecule has 0 N–H and O–H groups in total. The van der Waals surface area contributed by atoms with Gasteiger partial charge in [-0.25, -0.2) is 0 Å². The van der Waals surface area contributed by atoms with E-state index in [1.165, 1.54) is 58.4 Å². The molecule has 20 heavy (non-hydrogen) atoms. The van der Waals surface area contributed by atoms with Crippen LogP contribution in [0.4, 0.5) is 0 Å². The summed E-state index contributed by atoms with van der Waals surface area (Å²) in [6, 6.07) is 0.787. The molecular formula is C18H36N2. The smallest absolute Gasteiger partial charge is 0.00644 e. The van der Waals surface area contributed by atoms with Gasteiger partial charge in [0.2, 0.25) is 0 Å². The Morgan fingerprint density at radius 3 is 2.35 bits per heavy atom. The van der Waals surface area contributed by atoms with E-state index in [4.69, 9.17) is 0 Å². The van der Waals surface area contributed by atoms with Gasteiger partial charge in [0.15, 0.2) is 0 Å². The van der Waals surface area contributed by atoms with E-state index in [9.17, 15) is 0 Å². The summed E-state index contributed by atoms with van der Waals surface area (Å²) in [5.74, 6) is 1.95. The van der Waals surface area contributed by atoms with Crippen molar-refractivity contribution in [2.45, 2.75) is 66.3 Å². The molecule has 2 saturated heterocycles. The average Bonchev–Trinajstić information content (AvgIpc) is 2.42. The molecule has 2 heteroatoms. The molecule has 0 aromatic heterocycles. The van der Waals surface area contributed by atoms with Crippen LogP contribution in [0, 0.1) is 17.3 Å². The minimum Gasteiger partial charge on any atom is -0.303 e. The molecule has 2 aliphatic heterocycles. The molecule has 0 radical (unpaired) electrons. The van der Waals surface area contributed by atoms with Crippen molar-refractivity contribution in [3.63, 3.8) is 0 Å². The molecule has 0 aromatic rings. The summed E-state index contributed by atoms with van der Waals surface area (Å²) >= 11 is 0. The third kappa shape index (κ3) is 4.46. The van der Waals surface area contributed by atoms with Crippen LogP contribution in [0.5, 0.6) is 0 Å². The van der Waals surface area contributed by atoms with Crippen molar-refractivity contribution in [1.82, 2.24) is 9.80 Å². The van der Waals surface area contributed by atoms with Crippen molar-refractivity contribution in [2.75, 3.05) is 32.7 Å².